The molecule has 26 heavy (non-hydrogen) atoms. The van der Waals surface area contributed by atoms with Crippen LogP contribution in [0, 0.1) is 12.7 Å². The number of ether oxygens (including phenoxy) is 2. The molecule has 0 bridgehead atoms. The molecule has 2 rings (SSSR count). The van der Waals surface area contributed by atoms with Gasteiger partial charge in [0.2, 0.25) is 0 Å². The van der Waals surface area contributed by atoms with Crippen LogP contribution in [0.3, 0.4) is 0 Å². The minimum Gasteiger partial charge on any atom is -0.497 e. The fraction of sp³-hybridized carbons (Fsp3) is 0.350. The summed E-state index contributed by atoms with van der Waals surface area (Å²) in [6.07, 6.45) is 1.79. The van der Waals surface area contributed by atoms with E-state index in [1.165, 1.54) is 13.2 Å². The van der Waals surface area contributed by atoms with Crippen molar-refractivity contribution in [3.63, 3.8) is 0 Å². The number of nitrogens with zero attached hydrogens (tertiary/aromatic N) is 3. The van der Waals surface area contributed by atoms with Gasteiger partial charge in [-0.15, -0.1) is 0 Å². The Kier molecular flexibility index (Phi) is 6.44. The van der Waals surface area contributed by atoms with E-state index in [1.54, 1.807) is 19.5 Å². The predicted molar refractivity (Wildman–Crippen MR) is 105 cm³/mol. The van der Waals surface area contributed by atoms with Crippen molar-refractivity contribution in [2.75, 3.05) is 39.8 Å². The zero-order valence-corrected chi connectivity index (χ0v) is 16.2. The van der Waals surface area contributed by atoms with Crippen LogP contribution in [0.5, 0.6) is 11.5 Å². The normalized spacial score (nSPS) is 10.9. The van der Waals surface area contributed by atoms with Crippen LogP contribution >= 0.6 is 0 Å². The first kappa shape index (κ1) is 19.6. The first-order valence-electron chi connectivity index (χ1n) is 8.41. The standard InChI is InChI=1S/C20H26FN3O2/c1-7-23(3)13-22-18-11-16(25-5)12-19(14(18)2)24(4)15-8-9-20(26-6)17(21)10-15/h8-13H,7H2,1-6H3. The highest BCUT2D eigenvalue weighted by Crippen LogP contribution is 2.37. The Hall–Kier alpha value is -2.76. The summed E-state index contributed by atoms with van der Waals surface area (Å²) in [6.45, 7) is 4.91. The van der Waals surface area contributed by atoms with Crippen LogP contribution in [0.1, 0.15) is 12.5 Å². The molecule has 0 heterocycles. The Morgan fingerprint density at radius 3 is 2.42 bits per heavy atom. The number of hydrogen-bond acceptors (Lipinski definition) is 4. The lowest BCUT2D eigenvalue weighted by Crippen LogP contribution is -2.14. The first-order valence-corrected chi connectivity index (χ1v) is 8.41. The van der Waals surface area contributed by atoms with Crippen LogP contribution in [0.2, 0.25) is 0 Å². The van der Waals surface area contributed by atoms with E-state index in [1.807, 2.05) is 49.0 Å². The summed E-state index contributed by atoms with van der Waals surface area (Å²) in [6, 6.07) is 8.69. The first-order chi connectivity index (χ1) is 12.4. The molecular weight excluding hydrogens is 333 g/mol. The number of rotatable bonds is 7. The summed E-state index contributed by atoms with van der Waals surface area (Å²) in [5.74, 6) is 0.510. The predicted octanol–water partition coefficient (Wildman–Crippen LogP) is 4.53. The van der Waals surface area contributed by atoms with Gasteiger partial charge in [0.15, 0.2) is 11.6 Å². The highest BCUT2D eigenvalue weighted by atomic mass is 19.1. The van der Waals surface area contributed by atoms with Crippen LogP contribution < -0.4 is 14.4 Å². The monoisotopic (exact) mass is 359 g/mol. The second kappa shape index (κ2) is 8.56. The topological polar surface area (TPSA) is 37.3 Å². The lowest BCUT2D eigenvalue weighted by atomic mass is 10.1. The third-order valence-electron chi connectivity index (χ3n) is 4.34. The fourth-order valence-corrected chi connectivity index (χ4v) is 2.50. The molecule has 0 saturated heterocycles. The van der Waals surface area contributed by atoms with Gasteiger partial charge >= 0.3 is 0 Å². The molecule has 0 N–H and O–H groups in total. The second-order valence-corrected chi connectivity index (χ2v) is 5.99. The zero-order chi connectivity index (χ0) is 19.3. The molecule has 0 amide bonds. The minimum absolute atomic E-state index is 0.220. The third kappa shape index (κ3) is 4.25. The summed E-state index contributed by atoms with van der Waals surface area (Å²) in [5, 5.41) is 0. The molecule has 6 heteroatoms. The highest BCUT2D eigenvalue weighted by Gasteiger charge is 2.14. The zero-order valence-electron chi connectivity index (χ0n) is 16.2. The lowest BCUT2D eigenvalue weighted by Gasteiger charge is -2.23. The molecule has 0 aliphatic carbocycles. The summed E-state index contributed by atoms with van der Waals surface area (Å²) >= 11 is 0. The average Bonchev–Trinajstić information content (AvgIpc) is 2.66. The summed E-state index contributed by atoms with van der Waals surface area (Å²) in [5.41, 5.74) is 3.38. The van der Waals surface area contributed by atoms with Crippen molar-refractivity contribution in [3.05, 3.63) is 41.7 Å². The van der Waals surface area contributed by atoms with Gasteiger partial charge in [0.05, 0.1) is 26.2 Å². The van der Waals surface area contributed by atoms with Crippen molar-refractivity contribution >= 4 is 23.4 Å². The van der Waals surface area contributed by atoms with Gasteiger partial charge in [-0.2, -0.15) is 0 Å². The molecule has 0 saturated carbocycles. The van der Waals surface area contributed by atoms with Gasteiger partial charge in [-0.1, -0.05) is 0 Å². The summed E-state index contributed by atoms with van der Waals surface area (Å²) in [4.78, 5) is 8.46. The molecule has 0 aliphatic heterocycles. The Labute approximate surface area is 154 Å². The maximum atomic E-state index is 14.1. The largest absolute Gasteiger partial charge is 0.497 e. The quantitative estimate of drug-likeness (QED) is 0.538. The number of methoxy groups -OCH3 is 2. The Balaban J connectivity index is 2.47. The fourth-order valence-electron chi connectivity index (χ4n) is 2.50. The lowest BCUT2D eigenvalue weighted by molar-refractivity contribution is 0.386. The van der Waals surface area contributed by atoms with Crippen LogP contribution in [0.4, 0.5) is 21.5 Å². The van der Waals surface area contributed by atoms with E-state index in [-0.39, 0.29) is 5.75 Å². The van der Waals surface area contributed by atoms with Gasteiger partial charge in [-0.25, -0.2) is 9.38 Å². The van der Waals surface area contributed by atoms with Crippen LogP contribution in [-0.4, -0.2) is 46.1 Å². The molecule has 140 valence electrons. The molecular formula is C20H26FN3O2. The molecule has 0 atom stereocenters. The van der Waals surface area contributed by atoms with E-state index in [9.17, 15) is 4.39 Å². The van der Waals surface area contributed by atoms with Crippen molar-refractivity contribution in [1.82, 2.24) is 4.90 Å². The number of halogens is 1. The van der Waals surface area contributed by atoms with E-state index < -0.39 is 5.82 Å². The number of anilines is 2. The SMILES string of the molecule is CCN(C)C=Nc1cc(OC)cc(N(C)c2ccc(OC)c(F)c2)c1C. The summed E-state index contributed by atoms with van der Waals surface area (Å²) < 4.78 is 24.5. The number of aliphatic imine (C=N–C) groups is 1. The number of hydrogen-bond donors (Lipinski definition) is 0. The third-order valence-corrected chi connectivity index (χ3v) is 4.34. The van der Waals surface area contributed by atoms with E-state index >= 15 is 0 Å². The van der Waals surface area contributed by atoms with E-state index in [0.717, 1.165) is 23.5 Å². The van der Waals surface area contributed by atoms with Gasteiger partial charge in [0, 0.05) is 50.2 Å². The molecule has 0 spiro atoms. The van der Waals surface area contributed by atoms with Crippen molar-refractivity contribution in [2.24, 2.45) is 4.99 Å². The van der Waals surface area contributed by atoms with Gasteiger partial charge in [-0.05, 0) is 31.5 Å². The van der Waals surface area contributed by atoms with E-state index in [2.05, 4.69) is 11.9 Å². The molecule has 0 unspecified atom stereocenters. The van der Waals surface area contributed by atoms with Crippen molar-refractivity contribution < 1.29 is 13.9 Å². The van der Waals surface area contributed by atoms with Gasteiger partial charge < -0.3 is 19.3 Å². The van der Waals surface area contributed by atoms with Gasteiger partial charge in [-0.3, -0.25) is 0 Å². The van der Waals surface area contributed by atoms with E-state index in [4.69, 9.17) is 9.47 Å². The Morgan fingerprint density at radius 1 is 1.12 bits per heavy atom. The molecule has 2 aromatic carbocycles. The molecule has 0 radical (unpaired) electrons. The highest BCUT2D eigenvalue weighted by molar-refractivity contribution is 5.75. The van der Waals surface area contributed by atoms with Crippen LogP contribution in [0.25, 0.3) is 0 Å². The van der Waals surface area contributed by atoms with Gasteiger partial charge in [0.1, 0.15) is 5.75 Å². The van der Waals surface area contributed by atoms with E-state index in [0.29, 0.717) is 11.4 Å². The second-order valence-electron chi connectivity index (χ2n) is 5.99. The average molecular weight is 359 g/mol. The maximum absolute atomic E-state index is 14.1. The molecule has 2 aromatic rings. The molecule has 5 nitrogen and oxygen atoms in total. The smallest absolute Gasteiger partial charge is 0.167 e. The van der Waals surface area contributed by atoms with Crippen molar-refractivity contribution in [2.45, 2.75) is 13.8 Å². The molecule has 0 aliphatic rings. The summed E-state index contributed by atoms with van der Waals surface area (Å²) in [7, 11) is 6.92. The number of benzene rings is 2. The Morgan fingerprint density at radius 2 is 1.85 bits per heavy atom. The Bertz CT molecular complexity index is 793. The van der Waals surface area contributed by atoms with Crippen molar-refractivity contribution in [3.8, 4) is 11.5 Å². The molecule has 0 fully saturated rings. The minimum atomic E-state index is -0.403. The maximum Gasteiger partial charge on any atom is 0.167 e. The van der Waals surface area contributed by atoms with Crippen LogP contribution in [-0.2, 0) is 0 Å². The van der Waals surface area contributed by atoms with Gasteiger partial charge in [0.25, 0.3) is 0 Å². The van der Waals surface area contributed by atoms with Crippen LogP contribution in [0.15, 0.2) is 35.3 Å². The van der Waals surface area contributed by atoms with Crippen molar-refractivity contribution in [1.29, 1.82) is 0 Å². The molecule has 0 aromatic heterocycles.